The summed E-state index contributed by atoms with van der Waals surface area (Å²) in [6.07, 6.45) is -0.498. The van der Waals surface area contributed by atoms with Crippen molar-refractivity contribution < 1.29 is 15.3 Å². The van der Waals surface area contributed by atoms with E-state index < -0.39 is 24.4 Å². The molecule has 1 unspecified atom stereocenters. The summed E-state index contributed by atoms with van der Waals surface area (Å²) in [5, 5.41) is 28.9. The van der Waals surface area contributed by atoms with Crippen molar-refractivity contribution in [2.45, 2.75) is 30.8 Å². The van der Waals surface area contributed by atoms with Crippen LogP contribution in [-0.2, 0) is 0 Å². The molecule has 0 amide bonds. The van der Waals surface area contributed by atoms with E-state index in [0.29, 0.717) is 5.65 Å². The molecule has 18 heavy (non-hydrogen) atoms. The van der Waals surface area contributed by atoms with Crippen LogP contribution in [0.5, 0.6) is 0 Å². The van der Waals surface area contributed by atoms with Crippen LogP contribution in [0.2, 0.25) is 0 Å². The zero-order valence-electron chi connectivity index (χ0n) is 9.26. The molecule has 0 aromatic carbocycles. The number of aliphatic hydroxyl groups is 3. The van der Waals surface area contributed by atoms with E-state index in [9.17, 15) is 20.1 Å². The van der Waals surface area contributed by atoms with Crippen LogP contribution in [0.3, 0.4) is 0 Å². The molecule has 0 radical (unpaired) electrons. The van der Waals surface area contributed by atoms with Crippen molar-refractivity contribution in [3.05, 3.63) is 23.0 Å². The molecule has 8 nitrogen and oxygen atoms in total. The number of fused-ring (bicyclic) bond motifs is 1. The highest BCUT2D eigenvalue weighted by atomic mass is 16.4. The molecule has 0 spiro atoms. The Morgan fingerprint density at radius 1 is 1.28 bits per heavy atom. The van der Waals surface area contributed by atoms with Crippen LogP contribution in [0.25, 0.3) is 11.2 Å². The highest BCUT2D eigenvalue weighted by Crippen LogP contribution is 2.32. The zero-order chi connectivity index (χ0) is 12.9. The van der Waals surface area contributed by atoms with Gasteiger partial charge in [0.15, 0.2) is 11.2 Å². The predicted molar refractivity (Wildman–Crippen MR) is 59.8 cm³/mol. The van der Waals surface area contributed by atoms with Crippen LogP contribution in [0.15, 0.2) is 17.4 Å². The molecular formula is C10H12N4O4. The summed E-state index contributed by atoms with van der Waals surface area (Å²) in [6.45, 7) is 0. The summed E-state index contributed by atoms with van der Waals surface area (Å²) in [4.78, 5) is 21.8. The third-order valence-corrected chi connectivity index (χ3v) is 3.34. The minimum absolute atomic E-state index is 0.167. The number of nitrogens with zero attached hydrogens (tertiary/aromatic N) is 3. The van der Waals surface area contributed by atoms with E-state index in [-0.39, 0.29) is 17.5 Å². The van der Waals surface area contributed by atoms with Gasteiger partial charge in [-0.2, -0.15) is 0 Å². The molecule has 3 rings (SSSR count). The molecule has 1 saturated carbocycles. The molecule has 8 heteroatoms. The third kappa shape index (κ3) is 1.47. The Morgan fingerprint density at radius 3 is 2.72 bits per heavy atom. The largest absolute Gasteiger partial charge is 0.390 e. The molecule has 2 heterocycles. The fraction of sp³-hybridized carbons (Fsp3) is 0.500. The van der Waals surface area contributed by atoms with Gasteiger partial charge >= 0.3 is 0 Å². The first kappa shape index (κ1) is 11.3. The lowest BCUT2D eigenvalue weighted by atomic mass is 10.2. The maximum absolute atomic E-state index is 11.5. The van der Waals surface area contributed by atoms with Crippen molar-refractivity contribution in [2.75, 3.05) is 0 Å². The fourth-order valence-electron chi connectivity index (χ4n) is 2.37. The van der Waals surface area contributed by atoms with Gasteiger partial charge < -0.3 is 24.9 Å². The van der Waals surface area contributed by atoms with Gasteiger partial charge in [0.25, 0.3) is 5.56 Å². The first-order valence-corrected chi connectivity index (χ1v) is 5.54. The molecule has 4 atom stereocenters. The SMILES string of the molecule is O=c1[nH]cnc2c1ncn2C1C[C@H](O)[C@H](O)[C@@H]1O. The molecule has 2 aromatic heterocycles. The Hall–Kier alpha value is -1.77. The second kappa shape index (κ2) is 3.87. The van der Waals surface area contributed by atoms with Gasteiger partial charge in [-0.25, -0.2) is 9.97 Å². The topological polar surface area (TPSA) is 124 Å². The Labute approximate surface area is 101 Å². The minimum Gasteiger partial charge on any atom is -0.390 e. The highest BCUT2D eigenvalue weighted by Gasteiger charge is 2.42. The Balaban J connectivity index is 2.11. The third-order valence-electron chi connectivity index (χ3n) is 3.34. The number of imidazole rings is 1. The van der Waals surface area contributed by atoms with E-state index in [2.05, 4.69) is 15.0 Å². The normalized spacial score (nSPS) is 32.2. The number of aromatic amines is 1. The molecule has 0 saturated heterocycles. The van der Waals surface area contributed by atoms with Crippen molar-refractivity contribution in [2.24, 2.45) is 0 Å². The Morgan fingerprint density at radius 2 is 2.06 bits per heavy atom. The van der Waals surface area contributed by atoms with Crippen LogP contribution in [-0.4, -0.2) is 53.2 Å². The summed E-state index contributed by atoms with van der Waals surface area (Å²) in [5.41, 5.74) is 0.122. The second-order valence-electron chi connectivity index (χ2n) is 4.41. The van der Waals surface area contributed by atoms with Crippen molar-refractivity contribution in [1.82, 2.24) is 19.5 Å². The molecule has 2 aromatic rings. The van der Waals surface area contributed by atoms with Gasteiger partial charge in [0, 0.05) is 0 Å². The van der Waals surface area contributed by atoms with Crippen LogP contribution in [0, 0.1) is 0 Å². The average Bonchev–Trinajstić information content (AvgIpc) is 2.88. The monoisotopic (exact) mass is 252 g/mol. The summed E-state index contributed by atoms with van der Waals surface area (Å²) in [5.74, 6) is 0. The summed E-state index contributed by atoms with van der Waals surface area (Å²) in [7, 11) is 0. The average molecular weight is 252 g/mol. The van der Waals surface area contributed by atoms with Gasteiger partial charge in [-0.05, 0) is 6.42 Å². The lowest BCUT2D eigenvalue weighted by molar-refractivity contribution is -0.0244. The highest BCUT2D eigenvalue weighted by molar-refractivity contribution is 5.69. The van der Waals surface area contributed by atoms with Gasteiger partial charge in [-0.3, -0.25) is 4.79 Å². The minimum atomic E-state index is -1.20. The number of aliphatic hydroxyl groups excluding tert-OH is 3. The number of H-pyrrole nitrogens is 1. The summed E-state index contributed by atoms with van der Waals surface area (Å²) < 4.78 is 1.51. The number of nitrogens with one attached hydrogen (secondary N) is 1. The second-order valence-corrected chi connectivity index (χ2v) is 4.41. The molecule has 1 aliphatic rings. The smallest absolute Gasteiger partial charge is 0.278 e. The molecule has 0 aliphatic heterocycles. The number of aromatic nitrogens is 4. The zero-order valence-corrected chi connectivity index (χ0v) is 9.26. The van der Waals surface area contributed by atoms with Crippen molar-refractivity contribution >= 4 is 11.2 Å². The summed E-state index contributed by atoms with van der Waals surface area (Å²) in [6, 6.07) is -0.547. The quantitative estimate of drug-likeness (QED) is 0.472. The van der Waals surface area contributed by atoms with Crippen molar-refractivity contribution in [3.8, 4) is 0 Å². The lowest BCUT2D eigenvalue weighted by Crippen LogP contribution is -2.31. The Bertz CT molecular complexity index is 636. The van der Waals surface area contributed by atoms with E-state index >= 15 is 0 Å². The molecule has 1 aliphatic carbocycles. The molecule has 1 fully saturated rings. The number of hydrogen-bond acceptors (Lipinski definition) is 6. The lowest BCUT2D eigenvalue weighted by Gasteiger charge is -2.17. The first-order valence-electron chi connectivity index (χ1n) is 5.54. The van der Waals surface area contributed by atoms with E-state index in [4.69, 9.17) is 0 Å². The van der Waals surface area contributed by atoms with Gasteiger partial charge in [0.05, 0.1) is 24.8 Å². The van der Waals surface area contributed by atoms with E-state index in [0.717, 1.165) is 0 Å². The van der Waals surface area contributed by atoms with Gasteiger partial charge in [0.1, 0.15) is 12.2 Å². The molecular weight excluding hydrogens is 240 g/mol. The van der Waals surface area contributed by atoms with E-state index in [1.54, 1.807) is 0 Å². The number of hydrogen-bond donors (Lipinski definition) is 4. The van der Waals surface area contributed by atoms with Gasteiger partial charge in [0.2, 0.25) is 0 Å². The first-order chi connectivity index (χ1) is 8.59. The molecule has 96 valence electrons. The standard InChI is InChI=1S/C10H12N4O4/c15-5-1-4(7(16)8(5)17)14-3-13-6-9(14)11-2-12-10(6)18/h2-5,7-8,15-17H,1H2,(H,11,12,18)/t4?,5-,7+,8-/m0/s1. The van der Waals surface area contributed by atoms with Crippen LogP contribution in [0.4, 0.5) is 0 Å². The van der Waals surface area contributed by atoms with Crippen LogP contribution in [0.1, 0.15) is 12.5 Å². The summed E-state index contributed by atoms with van der Waals surface area (Å²) >= 11 is 0. The number of rotatable bonds is 1. The van der Waals surface area contributed by atoms with Crippen molar-refractivity contribution in [3.63, 3.8) is 0 Å². The predicted octanol–water partition coefficient (Wildman–Crippen LogP) is -1.85. The maximum Gasteiger partial charge on any atom is 0.278 e. The van der Waals surface area contributed by atoms with Crippen LogP contribution < -0.4 is 5.56 Å². The maximum atomic E-state index is 11.5. The van der Waals surface area contributed by atoms with Crippen molar-refractivity contribution in [1.29, 1.82) is 0 Å². The molecule has 0 bridgehead atoms. The van der Waals surface area contributed by atoms with Gasteiger partial charge in [-0.15, -0.1) is 0 Å². The Kier molecular flexibility index (Phi) is 2.44. The van der Waals surface area contributed by atoms with Crippen LogP contribution >= 0.6 is 0 Å². The van der Waals surface area contributed by atoms with Gasteiger partial charge in [-0.1, -0.05) is 0 Å². The fourth-order valence-corrected chi connectivity index (χ4v) is 2.37. The molecule has 4 N–H and O–H groups in total. The van der Waals surface area contributed by atoms with E-state index in [1.165, 1.54) is 17.2 Å². The van der Waals surface area contributed by atoms with E-state index in [1.807, 2.05) is 0 Å².